The molecule has 6 heteroatoms. The predicted octanol–water partition coefficient (Wildman–Crippen LogP) is 2.15. The highest BCUT2D eigenvalue weighted by atomic mass is 19.4. The summed E-state index contributed by atoms with van der Waals surface area (Å²) in [6.45, 7) is 0.184. The average Bonchev–Trinajstić information content (AvgIpc) is 2.72. The third-order valence-electron chi connectivity index (χ3n) is 3.84. The molecule has 0 aliphatic heterocycles. The van der Waals surface area contributed by atoms with Gasteiger partial charge >= 0.3 is 6.18 Å². The molecule has 1 saturated carbocycles. The molecule has 0 radical (unpaired) electrons. The van der Waals surface area contributed by atoms with Crippen LogP contribution in [0.1, 0.15) is 25.7 Å². The van der Waals surface area contributed by atoms with Crippen molar-refractivity contribution in [2.75, 3.05) is 27.2 Å². The van der Waals surface area contributed by atoms with Crippen molar-refractivity contribution >= 4 is 0 Å². The summed E-state index contributed by atoms with van der Waals surface area (Å²) in [5.74, 6) is -1.92. The van der Waals surface area contributed by atoms with Gasteiger partial charge in [0.15, 0.2) is 5.92 Å². The van der Waals surface area contributed by atoms with E-state index in [0.717, 1.165) is 25.7 Å². The topological polar surface area (TPSA) is 39.1 Å². The summed E-state index contributed by atoms with van der Waals surface area (Å²) in [6, 6.07) is 1.31. The van der Waals surface area contributed by atoms with Crippen molar-refractivity contribution in [3.8, 4) is 6.07 Å². The Morgan fingerprint density at radius 1 is 1.33 bits per heavy atom. The van der Waals surface area contributed by atoms with Crippen molar-refractivity contribution < 1.29 is 13.2 Å². The molecule has 0 aromatic carbocycles. The molecule has 1 N–H and O–H groups in total. The van der Waals surface area contributed by atoms with Crippen LogP contribution in [0.4, 0.5) is 13.2 Å². The fourth-order valence-corrected chi connectivity index (χ4v) is 2.50. The molecule has 1 atom stereocenters. The molecule has 0 aromatic rings. The second-order valence-electron chi connectivity index (χ2n) is 5.18. The van der Waals surface area contributed by atoms with E-state index in [-0.39, 0.29) is 12.1 Å². The number of rotatable bonds is 5. The summed E-state index contributed by atoms with van der Waals surface area (Å²) >= 11 is 0. The maximum Gasteiger partial charge on any atom is 0.405 e. The molecular weight excluding hydrogens is 243 g/mol. The Labute approximate surface area is 106 Å². The van der Waals surface area contributed by atoms with Crippen LogP contribution in [0.15, 0.2) is 0 Å². The first-order valence-electron chi connectivity index (χ1n) is 6.16. The van der Waals surface area contributed by atoms with Crippen LogP contribution in [0.5, 0.6) is 0 Å². The third kappa shape index (κ3) is 3.59. The van der Waals surface area contributed by atoms with Gasteiger partial charge in [0, 0.05) is 18.6 Å². The van der Waals surface area contributed by atoms with Crippen LogP contribution in [-0.4, -0.2) is 43.8 Å². The van der Waals surface area contributed by atoms with Gasteiger partial charge in [0.05, 0.1) is 6.07 Å². The number of alkyl halides is 3. The number of nitrogens with zero attached hydrogens (tertiary/aromatic N) is 2. The number of nitriles is 1. The zero-order chi connectivity index (χ0) is 13.8. The molecule has 0 saturated heterocycles. The zero-order valence-corrected chi connectivity index (χ0v) is 10.8. The molecule has 104 valence electrons. The summed E-state index contributed by atoms with van der Waals surface area (Å²) in [5.41, 5.74) is -0.0500. The molecule has 1 aliphatic rings. The van der Waals surface area contributed by atoms with Crippen molar-refractivity contribution in [1.82, 2.24) is 10.2 Å². The molecule has 0 heterocycles. The Kier molecular flexibility index (Phi) is 5.00. The van der Waals surface area contributed by atoms with Crippen molar-refractivity contribution in [3.63, 3.8) is 0 Å². The van der Waals surface area contributed by atoms with Gasteiger partial charge in [-0.25, -0.2) is 0 Å². The van der Waals surface area contributed by atoms with E-state index in [1.807, 2.05) is 14.1 Å². The lowest BCUT2D eigenvalue weighted by molar-refractivity contribution is -0.157. The minimum atomic E-state index is -4.44. The van der Waals surface area contributed by atoms with E-state index in [0.29, 0.717) is 6.54 Å². The summed E-state index contributed by atoms with van der Waals surface area (Å²) in [7, 11) is 3.91. The molecule has 1 unspecified atom stereocenters. The quantitative estimate of drug-likeness (QED) is 0.826. The smallest absolute Gasteiger partial charge is 0.313 e. The molecule has 0 bridgehead atoms. The molecule has 3 nitrogen and oxygen atoms in total. The Morgan fingerprint density at radius 3 is 2.28 bits per heavy atom. The summed E-state index contributed by atoms with van der Waals surface area (Å²) in [6.07, 6.45) is -0.225. The lowest BCUT2D eigenvalue weighted by Crippen LogP contribution is -2.50. The van der Waals surface area contributed by atoms with E-state index in [2.05, 4.69) is 10.2 Å². The van der Waals surface area contributed by atoms with Gasteiger partial charge in [-0.05, 0) is 26.9 Å². The SMILES string of the molecule is CN(C)C1(CNCC(C#N)C(F)(F)F)CCCC1. The van der Waals surface area contributed by atoms with Crippen LogP contribution in [0.3, 0.4) is 0 Å². The lowest BCUT2D eigenvalue weighted by Gasteiger charge is -2.37. The number of likely N-dealkylation sites (N-methyl/N-ethyl adjacent to an activating group) is 1. The zero-order valence-electron chi connectivity index (χ0n) is 10.8. The van der Waals surface area contributed by atoms with E-state index >= 15 is 0 Å². The Hall–Kier alpha value is -0.800. The second-order valence-corrected chi connectivity index (χ2v) is 5.18. The molecule has 1 fully saturated rings. The first kappa shape index (κ1) is 15.3. The number of nitrogens with one attached hydrogen (secondary N) is 1. The van der Waals surface area contributed by atoms with Gasteiger partial charge < -0.3 is 10.2 Å². The highest BCUT2D eigenvalue weighted by molar-refractivity contribution is 4.96. The van der Waals surface area contributed by atoms with Gasteiger partial charge in [0.25, 0.3) is 0 Å². The number of halogens is 3. The van der Waals surface area contributed by atoms with Crippen LogP contribution in [0.2, 0.25) is 0 Å². The molecule has 0 amide bonds. The molecule has 0 aromatic heterocycles. The Bertz CT molecular complexity index is 301. The predicted molar refractivity (Wildman–Crippen MR) is 62.9 cm³/mol. The van der Waals surface area contributed by atoms with Crippen molar-refractivity contribution in [3.05, 3.63) is 0 Å². The van der Waals surface area contributed by atoms with E-state index in [9.17, 15) is 13.2 Å². The van der Waals surface area contributed by atoms with Gasteiger partial charge in [0.1, 0.15) is 0 Å². The third-order valence-corrected chi connectivity index (χ3v) is 3.84. The Balaban J connectivity index is 2.47. The monoisotopic (exact) mass is 263 g/mol. The van der Waals surface area contributed by atoms with Gasteiger partial charge in [0.2, 0.25) is 0 Å². The molecule has 1 aliphatic carbocycles. The maximum absolute atomic E-state index is 12.4. The number of hydrogen-bond acceptors (Lipinski definition) is 3. The van der Waals surface area contributed by atoms with Crippen LogP contribution < -0.4 is 5.32 Å². The van der Waals surface area contributed by atoms with Gasteiger partial charge in [-0.1, -0.05) is 12.8 Å². The fraction of sp³-hybridized carbons (Fsp3) is 0.917. The van der Waals surface area contributed by atoms with Crippen molar-refractivity contribution in [2.45, 2.75) is 37.4 Å². The summed E-state index contributed by atoms with van der Waals surface area (Å²) in [4.78, 5) is 2.09. The molecule has 1 rings (SSSR count). The molecule has 0 spiro atoms. The van der Waals surface area contributed by atoms with Crippen LogP contribution in [0.25, 0.3) is 0 Å². The summed E-state index contributed by atoms with van der Waals surface area (Å²) in [5, 5.41) is 11.3. The molecule has 18 heavy (non-hydrogen) atoms. The van der Waals surface area contributed by atoms with E-state index < -0.39 is 12.1 Å². The number of hydrogen-bond donors (Lipinski definition) is 1. The largest absolute Gasteiger partial charge is 0.405 e. The van der Waals surface area contributed by atoms with Crippen molar-refractivity contribution in [1.29, 1.82) is 5.26 Å². The first-order valence-corrected chi connectivity index (χ1v) is 6.16. The van der Waals surface area contributed by atoms with E-state index in [1.165, 1.54) is 6.07 Å². The van der Waals surface area contributed by atoms with E-state index in [4.69, 9.17) is 5.26 Å². The lowest BCUT2D eigenvalue weighted by atomic mass is 9.95. The van der Waals surface area contributed by atoms with Gasteiger partial charge in [-0.3, -0.25) is 0 Å². The minimum Gasteiger partial charge on any atom is -0.313 e. The Morgan fingerprint density at radius 2 is 1.89 bits per heavy atom. The second kappa shape index (κ2) is 5.89. The van der Waals surface area contributed by atoms with Gasteiger partial charge in [-0.2, -0.15) is 18.4 Å². The fourth-order valence-electron chi connectivity index (χ4n) is 2.50. The highest BCUT2D eigenvalue weighted by Gasteiger charge is 2.41. The van der Waals surface area contributed by atoms with Crippen LogP contribution >= 0.6 is 0 Å². The van der Waals surface area contributed by atoms with E-state index in [1.54, 1.807) is 0 Å². The van der Waals surface area contributed by atoms with Crippen molar-refractivity contribution in [2.24, 2.45) is 5.92 Å². The first-order chi connectivity index (χ1) is 8.32. The maximum atomic E-state index is 12.4. The average molecular weight is 263 g/mol. The minimum absolute atomic E-state index is 0.0500. The summed E-state index contributed by atoms with van der Waals surface area (Å²) < 4.78 is 37.2. The van der Waals surface area contributed by atoms with Gasteiger partial charge in [-0.15, -0.1) is 0 Å². The van der Waals surface area contributed by atoms with Crippen LogP contribution in [0, 0.1) is 17.2 Å². The van der Waals surface area contributed by atoms with Crippen LogP contribution in [-0.2, 0) is 0 Å². The highest BCUT2D eigenvalue weighted by Crippen LogP contribution is 2.33. The normalized spacial score (nSPS) is 20.9. The molecular formula is C12H20F3N3. The standard InChI is InChI=1S/C12H20F3N3/c1-18(2)11(5-3-4-6-11)9-17-8-10(7-16)12(13,14)15/h10,17H,3-6,8-9H2,1-2H3.